The molecule has 0 aliphatic rings. The van der Waals surface area contributed by atoms with Crippen LogP contribution in [0.3, 0.4) is 0 Å². The zero-order chi connectivity index (χ0) is 25.8. The van der Waals surface area contributed by atoms with Crippen molar-refractivity contribution in [3.8, 4) is 5.75 Å². The van der Waals surface area contributed by atoms with Crippen LogP contribution >= 0.6 is 31.9 Å². The van der Waals surface area contributed by atoms with E-state index in [1.54, 1.807) is 12.3 Å². The number of benzene rings is 4. The Labute approximate surface area is 232 Å². The minimum atomic E-state index is -0.189. The predicted octanol–water partition coefficient (Wildman–Crippen LogP) is 7.88. The molecule has 4 aromatic carbocycles. The first-order valence-corrected chi connectivity index (χ1v) is 13.8. The van der Waals surface area contributed by atoms with Gasteiger partial charge in [-0.3, -0.25) is 4.79 Å². The average Bonchev–Trinajstić information content (AvgIpc) is 2.92. The summed E-state index contributed by atoms with van der Waals surface area (Å²) in [5.74, 6) is 1.35. The molecule has 0 bridgehead atoms. The molecule has 0 spiro atoms. The van der Waals surface area contributed by atoms with Gasteiger partial charge in [0.25, 0.3) is 5.56 Å². The summed E-state index contributed by atoms with van der Waals surface area (Å²) in [6.07, 6.45) is 4.30. The van der Waals surface area contributed by atoms with Gasteiger partial charge in [-0.15, -0.1) is 0 Å². The highest BCUT2D eigenvalue weighted by atomic mass is 79.9. The number of unbranched alkanes of at least 4 members (excludes halogenated alkanes) is 1. The van der Waals surface area contributed by atoms with Crippen LogP contribution in [0.25, 0.3) is 21.7 Å². The third-order valence-corrected chi connectivity index (χ3v) is 7.19. The lowest BCUT2D eigenvalue weighted by atomic mass is 10.0. The van der Waals surface area contributed by atoms with Crippen molar-refractivity contribution in [3.05, 3.63) is 115 Å². The van der Waals surface area contributed by atoms with Gasteiger partial charge in [-0.25, -0.2) is 4.98 Å². The molecular formula is C30H25Br2N3O2. The molecule has 0 N–H and O–H groups in total. The quantitative estimate of drug-likeness (QED) is 0.166. The highest BCUT2D eigenvalue weighted by Gasteiger charge is 2.13. The van der Waals surface area contributed by atoms with E-state index in [1.165, 1.54) is 4.68 Å². The Bertz CT molecular complexity index is 1660. The average molecular weight is 619 g/mol. The molecule has 186 valence electrons. The van der Waals surface area contributed by atoms with Crippen LogP contribution in [0, 0.1) is 0 Å². The van der Waals surface area contributed by atoms with Crippen LogP contribution < -0.4 is 10.3 Å². The summed E-state index contributed by atoms with van der Waals surface area (Å²) in [6.45, 7) is 2.54. The molecular weight excluding hydrogens is 594 g/mol. The Kier molecular flexibility index (Phi) is 7.82. The monoisotopic (exact) mass is 617 g/mol. The molecule has 0 unspecified atom stereocenters. The second-order valence-electron chi connectivity index (χ2n) is 8.77. The van der Waals surface area contributed by atoms with Gasteiger partial charge < -0.3 is 4.74 Å². The fraction of sp³-hybridized carbons (Fsp3) is 0.167. The Morgan fingerprint density at radius 2 is 1.73 bits per heavy atom. The van der Waals surface area contributed by atoms with E-state index in [0.717, 1.165) is 43.7 Å². The van der Waals surface area contributed by atoms with Crippen molar-refractivity contribution in [1.29, 1.82) is 0 Å². The van der Waals surface area contributed by atoms with Crippen molar-refractivity contribution in [2.45, 2.75) is 32.8 Å². The van der Waals surface area contributed by atoms with Crippen LogP contribution in [-0.2, 0) is 13.0 Å². The van der Waals surface area contributed by atoms with Gasteiger partial charge in [0.15, 0.2) is 0 Å². The van der Waals surface area contributed by atoms with Crippen LogP contribution in [0.2, 0.25) is 0 Å². The summed E-state index contributed by atoms with van der Waals surface area (Å²) in [6, 6.07) is 25.7. The molecule has 5 rings (SSSR count). The third-order valence-electron chi connectivity index (χ3n) is 6.17. The highest BCUT2D eigenvalue weighted by molar-refractivity contribution is 9.10. The first kappa shape index (κ1) is 25.4. The van der Waals surface area contributed by atoms with Crippen LogP contribution in [0.1, 0.15) is 36.7 Å². The topological polar surface area (TPSA) is 56.5 Å². The highest BCUT2D eigenvalue weighted by Crippen LogP contribution is 2.28. The van der Waals surface area contributed by atoms with Crippen LogP contribution in [0.15, 0.2) is 97.7 Å². The summed E-state index contributed by atoms with van der Waals surface area (Å²) in [4.78, 5) is 18.3. The van der Waals surface area contributed by atoms with Crippen molar-refractivity contribution in [2.75, 3.05) is 0 Å². The predicted molar refractivity (Wildman–Crippen MR) is 158 cm³/mol. The molecule has 5 aromatic rings. The lowest BCUT2D eigenvalue weighted by Gasteiger charge is -2.13. The number of halogens is 2. The van der Waals surface area contributed by atoms with Crippen molar-refractivity contribution in [1.82, 2.24) is 9.66 Å². The molecule has 0 aliphatic heterocycles. The number of hydrogen-bond acceptors (Lipinski definition) is 4. The maximum Gasteiger partial charge on any atom is 0.282 e. The number of fused-ring (bicyclic) bond motifs is 2. The molecule has 0 radical (unpaired) electrons. The van der Waals surface area contributed by atoms with Gasteiger partial charge in [0.2, 0.25) is 0 Å². The Morgan fingerprint density at radius 1 is 0.946 bits per heavy atom. The fourth-order valence-corrected chi connectivity index (χ4v) is 4.83. The molecule has 0 fully saturated rings. The second kappa shape index (κ2) is 11.4. The van der Waals surface area contributed by atoms with E-state index in [1.807, 2.05) is 66.7 Å². The van der Waals surface area contributed by atoms with Crippen molar-refractivity contribution >= 4 is 59.7 Å². The largest absolute Gasteiger partial charge is 0.488 e. The number of hydrogen-bond donors (Lipinski definition) is 0. The summed E-state index contributed by atoms with van der Waals surface area (Å²) in [5, 5.41) is 7.29. The molecule has 7 heteroatoms. The summed E-state index contributed by atoms with van der Waals surface area (Å²) in [5.41, 5.74) is 2.36. The minimum absolute atomic E-state index is 0.189. The summed E-state index contributed by atoms with van der Waals surface area (Å²) in [7, 11) is 0. The van der Waals surface area contributed by atoms with Gasteiger partial charge in [0.05, 0.1) is 17.1 Å². The number of nitrogens with zero attached hydrogens (tertiary/aromatic N) is 3. The Morgan fingerprint density at radius 3 is 2.54 bits per heavy atom. The van der Waals surface area contributed by atoms with Crippen LogP contribution in [0.5, 0.6) is 5.75 Å². The first-order chi connectivity index (χ1) is 18.0. The van der Waals surface area contributed by atoms with E-state index in [0.29, 0.717) is 35.5 Å². The van der Waals surface area contributed by atoms with E-state index in [2.05, 4.69) is 44.8 Å². The fourth-order valence-electron chi connectivity index (χ4n) is 4.20. The molecule has 0 atom stereocenters. The smallest absolute Gasteiger partial charge is 0.282 e. The summed E-state index contributed by atoms with van der Waals surface area (Å²) >= 11 is 6.95. The Balaban J connectivity index is 1.60. The van der Waals surface area contributed by atoms with Gasteiger partial charge in [0, 0.05) is 20.9 Å². The summed E-state index contributed by atoms with van der Waals surface area (Å²) < 4.78 is 9.54. The normalized spacial score (nSPS) is 11.5. The lowest BCUT2D eigenvalue weighted by molar-refractivity contribution is 0.306. The molecule has 0 amide bonds. The molecule has 0 saturated carbocycles. The van der Waals surface area contributed by atoms with Crippen LogP contribution in [0.4, 0.5) is 0 Å². The maximum atomic E-state index is 13.5. The zero-order valence-corrected chi connectivity index (χ0v) is 23.5. The van der Waals surface area contributed by atoms with Crippen LogP contribution in [-0.4, -0.2) is 15.9 Å². The van der Waals surface area contributed by atoms with E-state index in [9.17, 15) is 4.79 Å². The molecule has 5 nitrogen and oxygen atoms in total. The number of rotatable bonds is 8. The molecule has 0 aliphatic carbocycles. The molecule has 1 heterocycles. The standard InChI is InChI=1S/C30H25Br2N3O2/c1-2-3-8-29-34-27-15-14-23(32)17-25(27)30(36)35(29)33-18-26-24-7-5-4-6-21(24)11-16-28(26)37-19-20-9-12-22(31)13-10-20/h4-7,9-18H,2-3,8,19H2,1H3. The van der Waals surface area contributed by atoms with E-state index in [4.69, 9.17) is 14.8 Å². The van der Waals surface area contributed by atoms with E-state index < -0.39 is 0 Å². The number of aryl methyl sites for hydroxylation is 1. The van der Waals surface area contributed by atoms with Gasteiger partial charge in [-0.1, -0.05) is 87.7 Å². The van der Waals surface area contributed by atoms with Gasteiger partial charge in [0.1, 0.15) is 18.2 Å². The second-order valence-corrected chi connectivity index (χ2v) is 10.6. The zero-order valence-electron chi connectivity index (χ0n) is 20.3. The molecule has 1 aromatic heterocycles. The van der Waals surface area contributed by atoms with Crippen molar-refractivity contribution < 1.29 is 4.74 Å². The maximum absolute atomic E-state index is 13.5. The number of aromatic nitrogens is 2. The van der Waals surface area contributed by atoms with E-state index >= 15 is 0 Å². The van der Waals surface area contributed by atoms with Crippen molar-refractivity contribution in [2.24, 2.45) is 5.10 Å². The SMILES string of the molecule is CCCCc1nc2ccc(Br)cc2c(=O)n1N=Cc1c(OCc2ccc(Br)cc2)ccc2ccccc12. The molecule has 37 heavy (non-hydrogen) atoms. The van der Waals surface area contributed by atoms with Crippen molar-refractivity contribution in [3.63, 3.8) is 0 Å². The minimum Gasteiger partial charge on any atom is -0.488 e. The Hall–Kier alpha value is -3.29. The third kappa shape index (κ3) is 5.68. The number of ether oxygens (including phenoxy) is 1. The molecule has 0 saturated heterocycles. The van der Waals surface area contributed by atoms with Gasteiger partial charge >= 0.3 is 0 Å². The van der Waals surface area contributed by atoms with E-state index in [-0.39, 0.29) is 5.56 Å². The first-order valence-electron chi connectivity index (χ1n) is 12.2. The lowest BCUT2D eigenvalue weighted by Crippen LogP contribution is -2.22. The van der Waals surface area contributed by atoms with Gasteiger partial charge in [-0.2, -0.15) is 9.78 Å². The van der Waals surface area contributed by atoms with Gasteiger partial charge in [-0.05, 0) is 59.2 Å².